The third-order valence-electron chi connectivity index (χ3n) is 4.87. The molecule has 0 spiro atoms. The van der Waals surface area contributed by atoms with Crippen LogP contribution in [0.15, 0.2) is 36.8 Å². The summed E-state index contributed by atoms with van der Waals surface area (Å²) < 4.78 is 46.6. The number of aromatic nitrogens is 4. The highest BCUT2D eigenvalue weighted by Gasteiger charge is 2.42. The van der Waals surface area contributed by atoms with Crippen LogP contribution in [0.4, 0.5) is 19.0 Å². The lowest BCUT2D eigenvalue weighted by atomic mass is 9.96. The molecule has 0 saturated carbocycles. The highest BCUT2D eigenvalue weighted by atomic mass is 19.4. The Hall–Kier alpha value is -2.84. The third-order valence-corrected chi connectivity index (χ3v) is 4.87. The van der Waals surface area contributed by atoms with E-state index in [2.05, 4.69) is 15.1 Å². The summed E-state index contributed by atoms with van der Waals surface area (Å²) in [5.74, 6) is 0.278. The summed E-state index contributed by atoms with van der Waals surface area (Å²) >= 11 is 0. The molecule has 0 amide bonds. The van der Waals surface area contributed by atoms with Gasteiger partial charge < -0.3 is 9.64 Å². The SMILES string of the molecule is COc1ccc(-c2cnc3ncnn3c2N2CCCC(C(F)(F)F)C2)cc1. The van der Waals surface area contributed by atoms with E-state index < -0.39 is 12.1 Å². The molecule has 1 aromatic carbocycles. The van der Waals surface area contributed by atoms with Crippen LogP contribution in [0.5, 0.6) is 5.75 Å². The first kappa shape index (κ1) is 17.6. The molecule has 1 saturated heterocycles. The van der Waals surface area contributed by atoms with E-state index in [0.717, 1.165) is 5.56 Å². The minimum atomic E-state index is -4.21. The number of hydrogen-bond acceptors (Lipinski definition) is 5. The molecule has 9 heteroatoms. The van der Waals surface area contributed by atoms with Gasteiger partial charge in [-0.1, -0.05) is 12.1 Å². The molecule has 142 valence electrons. The third kappa shape index (κ3) is 3.29. The number of alkyl halides is 3. The molecule has 0 bridgehead atoms. The van der Waals surface area contributed by atoms with Crippen LogP contribution < -0.4 is 9.64 Å². The van der Waals surface area contributed by atoms with Crippen molar-refractivity contribution in [2.24, 2.45) is 5.92 Å². The quantitative estimate of drug-likeness (QED) is 0.698. The van der Waals surface area contributed by atoms with Gasteiger partial charge in [0.25, 0.3) is 5.78 Å². The fourth-order valence-electron chi connectivity index (χ4n) is 3.48. The minimum Gasteiger partial charge on any atom is -0.497 e. The molecule has 1 aliphatic heterocycles. The van der Waals surface area contributed by atoms with Crippen molar-refractivity contribution in [3.63, 3.8) is 0 Å². The van der Waals surface area contributed by atoms with E-state index in [-0.39, 0.29) is 13.0 Å². The number of ether oxygens (including phenoxy) is 1. The number of hydrogen-bond donors (Lipinski definition) is 0. The first-order valence-electron chi connectivity index (χ1n) is 8.62. The summed E-state index contributed by atoms with van der Waals surface area (Å²) in [7, 11) is 1.58. The lowest BCUT2D eigenvalue weighted by Gasteiger charge is -2.36. The Morgan fingerprint density at radius 3 is 2.63 bits per heavy atom. The molecule has 1 unspecified atom stereocenters. The second kappa shape index (κ2) is 6.71. The van der Waals surface area contributed by atoms with E-state index in [0.29, 0.717) is 35.9 Å². The van der Waals surface area contributed by atoms with Gasteiger partial charge in [0.05, 0.1) is 13.0 Å². The molecule has 1 fully saturated rings. The molecule has 0 radical (unpaired) electrons. The van der Waals surface area contributed by atoms with Crippen LogP contribution in [0.3, 0.4) is 0 Å². The fraction of sp³-hybridized carbons (Fsp3) is 0.389. The molecule has 4 rings (SSSR count). The Morgan fingerprint density at radius 1 is 1.15 bits per heavy atom. The maximum Gasteiger partial charge on any atom is 0.393 e. The van der Waals surface area contributed by atoms with E-state index >= 15 is 0 Å². The maximum atomic E-state index is 13.3. The van der Waals surface area contributed by atoms with Crippen LogP contribution in [-0.2, 0) is 0 Å². The number of halogens is 3. The Labute approximate surface area is 153 Å². The monoisotopic (exact) mass is 377 g/mol. The summed E-state index contributed by atoms with van der Waals surface area (Å²) in [5.41, 5.74) is 1.53. The number of rotatable bonds is 3. The summed E-state index contributed by atoms with van der Waals surface area (Å²) in [6.07, 6.45) is -0.616. The zero-order valence-electron chi connectivity index (χ0n) is 14.6. The lowest BCUT2D eigenvalue weighted by molar-refractivity contribution is -0.176. The summed E-state index contributed by atoms with van der Waals surface area (Å²) in [4.78, 5) is 10.1. The number of piperidine rings is 1. The van der Waals surface area contributed by atoms with Crippen LogP contribution in [0, 0.1) is 5.92 Å². The normalized spacial score (nSPS) is 18.1. The number of benzene rings is 1. The zero-order chi connectivity index (χ0) is 19.0. The van der Waals surface area contributed by atoms with Gasteiger partial charge in [0.2, 0.25) is 0 Å². The van der Waals surface area contributed by atoms with Crippen LogP contribution in [0.1, 0.15) is 12.8 Å². The molecular weight excluding hydrogens is 359 g/mol. The van der Waals surface area contributed by atoms with Crippen molar-refractivity contribution in [2.75, 3.05) is 25.1 Å². The average Bonchev–Trinajstić information content (AvgIpc) is 3.15. The van der Waals surface area contributed by atoms with Gasteiger partial charge in [0.1, 0.15) is 17.9 Å². The predicted octanol–water partition coefficient (Wildman–Crippen LogP) is 3.58. The lowest BCUT2D eigenvalue weighted by Crippen LogP contribution is -2.42. The molecule has 2 aromatic heterocycles. The second-order valence-corrected chi connectivity index (χ2v) is 6.52. The minimum absolute atomic E-state index is 0.106. The van der Waals surface area contributed by atoms with Gasteiger partial charge in [-0.3, -0.25) is 0 Å². The largest absolute Gasteiger partial charge is 0.497 e. The van der Waals surface area contributed by atoms with Crippen molar-refractivity contribution >= 4 is 11.6 Å². The van der Waals surface area contributed by atoms with Crippen molar-refractivity contribution in [3.8, 4) is 16.9 Å². The molecular formula is C18H18F3N5O. The summed E-state index contributed by atoms with van der Waals surface area (Å²) in [6.45, 7) is 0.417. The van der Waals surface area contributed by atoms with Gasteiger partial charge >= 0.3 is 6.18 Å². The first-order valence-corrected chi connectivity index (χ1v) is 8.62. The van der Waals surface area contributed by atoms with Gasteiger partial charge in [-0.25, -0.2) is 4.98 Å². The molecule has 6 nitrogen and oxygen atoms in total. The van der Waals surface area contributed by atoms with Gasteiger partial charge in [-0.15, -0.1) is 0 Å². The standard InChI is InChI=1S/C18H18F3N5O/c1-27-14-6-4-12(5-7-14)15-9-22-17-23-11-24-26(17)16(15)25-8-2-3-13(10-25)18(19,20)21/h4-7,9,11,13H,2-3,8,10H2,1H3. The summed E-state index contributed by atoms with van der Waals surface area (Å²) in [5, 5.41) is 4.20. The molecule has 3 heterocycles. The van der Waals surface area contributed by atoms with Crippen molar-refractivity contribution in [2.45, 2.75) is 19.0 Å². The van der Waals surface area contributed by atoms with Crippen LogP contribution >= 0.6 is 0 Å². The van der Waals surface area contributed by atoms with Gasteiger partial charge in [-0.05, 0) is 30.5 Å². The Kier molecular flexibility index (Phi) is 4.37. The summed E-state index contributed by atoms with van der Waals surface area (Å²) in [6, 6.07) is 7.32. The van der Waals surface area contributed by atoms with Gasteiger partial charge in [0.15, 0.2) is 0 Å². The number of methoxy groups -OCH3 is 1. The highest BCUT2D eigenvalue weighted by Crippen LogP contribution is 2.38. The second-order valence-electron chi connectivity index (χ2n) is 6.52. The van der Waals surface area contributed by atoms with E-state index in [1.165, 1.54) is 10.8 Å². The van der Waals surface area contributed by atoms with Gasteiger partial charge in [-0.2, -0.15) is 27.8 Å². The highest BCUT2D eigenvalue weighted by molar-refractivity contribution is 5.77. The molecule has 1 atom stereocenters. The van der Waals surface area contributed by atoms with E-state index in [1.54, 1.807) is 30.3 Å². The number of fused-ring (bicyclic) bond motifs is 1. The van der Waals surface area contributed by atoms with Crippen molar-refractivity contribution in [3.05, 3.63) is 36.8 Å². The number of anilines is 1. The van der Waals surface area contributed by atoms with E-state index in [1.807, 2.05) is 12.1 Å². The zero-order valence-corrected chi connectivity index (χ0v) is 14.6. The van der Waals surface area contributed by atoms with Gasteiger partial charge in [0, 0.05) is 24.8 Å². The topological polar surface area (TPSA) is 55.6 Å². The molecule has 0 N–H and O–H groups in total. The van der Waals surface area contributed by atoms with E-state index in [9.17, 15) is 13.2 Å². The first-order chi connectivity index (χ1) is 13.0. The molecule has 0 aliphatic carbocycles. The van der Waals surface area contributed by atoms with Crippen LogP contribution in [0.2, 0.25) is 0 Å². The smallest absolute Gasteiger partial charge is 0.393 e. The average molecular weight is 377 g/mol. The number of nitrogens with zero attached hydrogens (tertiary/aromatic N) is 5. The molecule has 3 aromatic rings. The van der Waals surface area contributed by atoms with Crippen LogP contribution in [-0.4, -0.2) is 46.0 Å². The van der Waals surface area contributed by atoms with Crippen molar-refractivity contribution in [1.82, 2.24) is 19.6 Å². The maximum absolute atomic E-state index is 13.3. The Bertz CT molecular complexity index is 938. The molecule has 27 heavy (non-hydrogen) atoms. The van der Waals surface area contributed by atoms with E-state index in [4.69, 9.17) is 4.74 Å². The predicted molar refractivity (Wildman–Crippen MR) is 93.8 cm³/mol. The van der Waals surface area contributed by atoms with Crippen LogP contribution in [0.25, 0.3) is 16.9 Å². The van der Waals surface area contributed by atoms with Crippen molar-refractivity contribution < 1.29 is 17.9 Å². The fourth-order valence-corrected chi connectivity index (χ4v) is 3.48. The Balaban J connectivity index is 1.81. The molecule has 1 aliphatic rings. The Morgan fingerprint density at radius 2 is 1.93 bits per heavy atom. The van der Waals surface area contributed by atoms with Crippen molar-refractivity contribution in [1.29, 1.82) is 0 Å².